The molecule has 2 unspecified atom stereocenters. The van der Waals surface area contributed by atoms with Gasteiger partial charge >= 0.3 is 0 Å². The van der Waals surface area contributed by atoms with E-state index in [-0.39, 0.29) is 11.8 Å². The summed E-state index contributed by atoms with van der Waals surface area (Å²) < 4.78 is 2.35. The predicted molar refractivity (Wildman–Crippen MR) is 228 cm³/mol. The molecule has 10 rings (SSSR count). The molecule has 8 aromatic rings. The van der Waals surface area contributed by atoms with Crippen LogP contribution in [0.25, 0.3) is 61.0 Å². The minimum absolute atomic E-state index is 0.229. The Labute approximate surface area is 316 Å². The molecule has 2 heteroatoms. The molecular weight excluding hydrogens is 653 g/mol. The van der Waals surface area contributed by atoms with E-state index in [0.29, 0.717) is 0 Å². The summed E-state index contributed by atoms with van der Waals surface area (Å²) in [5, 5.41) is 4.88. The van der Waals surface area contributed by atoms with Crippen LogP contribution in [-0.2, 0) is 0 Å². The van der Waals surface area contributed by atoms with Gasteiger partial charge in [0, 0.05) is 40.7 Å². The molecule has 0 aliphatic heterocycles. The van der Waals surface area contributed by atoms with Crippen LogP contribution in [0.5, 0.6) is 0 Å². The summed E-state index contributed by atoms with van der Waals surface area (Å²) in [6, 6.07) is 49.5. The first kappa shape index (κ1) is 32.2. The lowest BCUT2D eigenvalue weighted by Crippen LogP contribution is -2.23. The largest absolute Gasteiger partial charge is 0.309 e. The summed E-state index contributed by atoms with van der Waals surface area (Å²) in [4.78, 5) is 4.55. The van der Waals surface area contributed by atoms with Gasteiger partial charge in [0.1, 0.15) is 0 Å². The van der Waals surface area contributed by atoms with E-state index < -0.39 is 0 Å². The zero-order valence-electron chi connectivity index (χ0n) is 30.6. The Morgan fingerprint density at radius 2 is 1.44 bits per heavy atom. The predicted octanol–water partition coefficient (Wildman–Crippen LogP) is 13.4. The van der Waals surface area contributed by atoms with E-state index in [2.05, 4.69) is 193 Å². The molecule has 54 heavy (non-hydrogen) atoms. The number of hydrogen-bond donors (Lipinski definition) is 0. The van der Waals surface area contributed by atoms with Gasteiger partial charge in [0.05, 0.1) is 11.0 Å². The fraction of sp³-hybridized carbons (Fsp3) is 0.0962. The van der Waals surface area contributed by atoms with Gasteiger partial charge in [-0.1, -0.05) is 147 Å². The van der Waals surface area contributed by atoms with Crippen LogP contribution in [0.15, 0.2) is 182 Å². The SMILES string of the molecule is CC/C=C\c1ccc(C2c3ccccc3C(c3ccc(-c4ccc5c(c4)c4cnccc4n5-c4ccccc4)c4ccccc34)=C3C=CC=CC32)cc1C. The molecular formula is C52H40N2. The zero-order chi connectivity index (χ0) is 36.2. The van der Waals surface area contributed by atoms with E-state index in [4.69, 9.17) is 0 Å². The van der Waals surface area contributed by atoms with Crippen molar-refractivity contribution in [3.05, 3.63) is 215 Å². The average molecular weight is 693 g/mol. The Bertz CT molecular complexity index is 2880. The van der Waals surface area contributed by atoms with Gasteiger partial charge in [-0.05, 0) is 110 Å². The lowest BCUT2D eigenvalue weighted by molar-refractivity contribution is 0.648. The Hall–Kier alpha value is -6.51. The maximum absolute atomic E-state index is 4.55. The molecule has 0 spiro atoms. The summed E-state index contributed by atoms with van der Waals surface area (Å²) in [6.07, 6.45) is 18.7. The highest BCUT2D eigenvalue weighted by molar-refractivity contribution is 6.12. The molecule has 6 aromatic carbocycles. The third kappa shape index (κ3) is 5.13. The van der Waals surface area contributed by atoms with Gasteiger partial charge in [0.25, 0.3) is 0 Å². The quantitative estimate of drug-likeness (QED) is 0.170. The molecule has 0 bridgehead atoms. The Morgan fingerprint density at radius 1 is 0.667 bits per heavy atom. The van der Waals surface area contributed by atoms with Crippen molar-refractivity contribution in [3.63, 3.8) is 0 Å². The molecule has 2 atom stereocenters. The number of aromatic nitrogens is 2. The topological polar surface area (TPSA) is 17.8 Å². The van der Waals surface area contributed by atoms with E-state index in [0.717, 1.165) is 23.0 Å². The zero-order valence-corrected chi connectivity index (χ0v) is 30.6. The van der Waals surface area contributed by atoms with Gasteiger partial charge in [-0.2, -0.15) is 0 Å². The first-order valence-electron chi connectivity index (χ1n) is 19.1. The van der Waals surface area contributed by atoms with Crippen molar-refractivity contribution in [1.82, 2.24) is 9.55 Å². The molecule has 2 aromatic heterocycles. The first-order valence-corrected chi connectivity index (χ1v) is 19.1. The molecule has 0 saturated carbocycles. The average Bonchev–Trinajstić information content (AvgIpc) is 3.56. The number of benzene rings is 6. The van der Waals surface area contributed by atoms with E-state index in [1.54, 1.807) is 0 Å². The van der Waals surface area contributed by atoms with Crippen molar-refractivity contribution >= 4 is 44.2 Å². The minimum atomic E-state index is 0.229. The van der Waals surface area contributed by atoms with E-state index >= 15 is 0 Å². The summed E-state index contributed by atoms with van der Waals surface area (Å²) in [5.41, 5.74) is 16.6. The van der Waals surface area contributed by atoms with Crippen LogP contribution in [0.2, 0.25) is 0 Å². The van der Waals surface area contributed by atoms with Gasteiger partial charge in [0.15, 0.2) is 0 Å². The van der Waals surface area contributed by atoms with Crippen molar-refractivity contribution in [2.75, 3.05) is 0 Å². The van der Waals surface area contributed by atoms with Crippen molar-refractivity contribution in [1.29, 1.82) is 0 Å². The molecule has 2 heterocycles. The smallest absolute Gasteiger partial charge is 0.0571 e. The minimum Gasteiger partial charge on any atom is -0.309 e. The van der Waals surface area contributed by atoms with E-state index in [1.165, 1.54) is 77.3 Å². The highest BCUT2D eigenvalue weighted by Crippen LogP contribution is 2.51. The molecule has 0 fully saturated rings. The third-order valence-electron chi connectivity index (χ3n) is 11.5. The second-order valence-corrected chi connectivity index (χ2v) is 14.6. The third-order valence-corrected chi connectivity index (χ3v) is 11.5. The number of pyridine rings is 1. The van der Waals surface area contributed by atoms with Crippen LogP contribution in [0.3, 0.4) is 0 Å². The number of rotatable bonds is 6. The number of nitrogens with zero attached hydrogens (tertiary/aromatic N) is 2. The van der Waals surface area contributed by atoms with Gasteiger partial charge in [-0.3, -0.25) is 4.98 Å². The number of aryl methyl sites for hydroxylation is 1. The van der Waals surface area contributed by atoms with Crippen molar-refractivity contribution in [3.8, 4) is 16.8 Å². The van der Waals surface area contributed by atoms with Crippen LogP contribution in [0, 0.1) is 12.8 Å². The Morgan fingerprint density at radius 3 is 2.30 bits per heavy atom. The summed E-state index contributed by atoms with van der Waals surface area (Å²) in [7, 11) is 0. The van der Waals surface area contributed by atoms with Gasteiger partial charge in [-0.25, -0.2) is 0 Å². The van der Waals surface area contributed by atoms with E-state index in [9.17, 15) is 0 Å². The summed E-state index contributed by atoms with van der Waals surface area (Å²) >= 11 is 0. The van der Waals surface area contributed by atoms with Crippen LogP contribution in [0.4, 0.5) is 0 Å². The number of allylic oxidation sites excluding steroid dienone is 6. The highest BCUT2D eigenvalue weighted by Gasteiger charge is 2.36. The lowest BCUT2D eigenvalue weighted by atomic mass is 9.66. The fourth-order valence-electron chi connectivity index (χ4n) is 9.11. The maximum Gasteiger partial charge on any atom is 0.0571 e. The second kappa shape index (κ2) is 13.2. The molecule has 258 valence electrons. The molecule has 2 nitrogen and oxygen atoms in total. The monoisotopic (exact) mass is 692 g/mol. The Balaban J connectivity index is 1.14. The molecule has 0 amide bonds. The number of hydrogen-bond acceptors (Lipinski definition) is 1. The molecule has 2 aliphatic rings. The van der Waals surface area contributed by atoms with Crippen molar-refractivity contribution in [2.24, 2.45) is 5.92 Å². The molecule has 2 aliphatic carbocycles. The maximum atomic E-state index is 4.55. The van der Waals surface area contributed by atoms with Crippen molar-refractivity contribution < 1.29 is 0 Å². The summed E-state index contributed by atoms with van der Waals surface area (Å²) in [5.74, 6) is 0.460. The van der Waals surface area contributed by atoms with Crippen LogP contribution >= 0.6 is 0 Å². The van der Waals surface area contributed by atoms with Crippen LogP contribution in [-0.4, -0.2) is 9.55 Å². The number of fused-ring (bicyclic) bond motifs is 6. The second-order valence-electron chi connectivity index (χ2n) is 14.6. The van der Waals surface area contributed by atoms with Gasteiger partial charge < -0.3 is 4.57 Å². The molecule has 0 radical (unpaired) electrons. The standard InChI is InChI=1S/C52H40N2/c1-3-4-14-35-23-24-37(31-34(35)2)51-42-19-10-12-21-44(42)52(45-22-13-11-20-43(45)51)46-27-26-39(40-17-8-9-18-41(40)46)36-25-28-49-47(32-36)48-33-53-30-29-50(48)54(49)38-15-6-5-7-16-38/h4-33,42,51H,3H2,1-2H3/b14-4-. The van der Waals surface area contributed by atoms with Gasteiger partial charge in [-0.15, -0.1) is 0 Å². The molecule has 0 saturated heterocycles. The number of para-hydroxylation sites is 1. The van der Waals surface area contributed by atoms with E-state index in [1.807, 2.05) is 12.4 Å². The van der Waals surface area contributed by atoms with Gasteiger partial charge in [0.2, 0.25) is 0 Å². The first-order chi connectivity index (χ1) is 26.7. The molecule has 0 N–H and O–H groups in total. The fourth-order valence-corrected chi connectivity index (χ4v) is 9.11. The lowest BCUT2D eigenvalue weighted by Gasteiger charge is -2.37. The van der Waals surface area contributed by atoms with Crippen LogP contribution < -0.4 is 0 Å². The highest BCUT2D eigenvalue weighted by atomic mass is 15.0. The summed E-state index contributed by atoms with van der Waals surface area (Å²) in [6.45, 7) is 4.43. The Kier molecular flexibility index (Phi) is 7.84. The van der Waals surface area contributed by atoms with Crippen LogP contribution in [0.1, 0.15) is 52.6 Å². The van der Waals surface area contributed by atoms with Crippen molar-refractivity contribution in [2.45, 2.75) is 26.2 Å². The normalized spacial score (nSPS) is 16.5.